The molecule has 4 heteroatoms. The van der Waals surface area contributed by atoms with Crippen LogP contribution in [0.25, 0.3) is 0 Å². The first-order chi connectivity index (χ1) is 4.72. The lowest BCUT2D eigenvalue weighted by atomic mass is 10.3. The number of carbonyl (C=O) groups excluding carboxylic acids is 1. The SMILES string of the molecule is CCCNC(=O)C(F)CN. The number of nitrogens with one attached hydrogen (secondary N) is 1. The van der Waals surface area contributed by atoms with Crippen molar-refractivity contribution in [1.29, 1.82) is 0 Å². The molecule has 0 spiro atoms. The lowest BCUT2D eigenvalue weighted by molar-refractivity contribution is -0.125. The average Bonchev–Trinajstić information content (AvgIpc) is 1.98. The summed E-state index contributed by atoms with van der Waals surface area (Å²) in [6, 6.07) is 0. The Balaban J connectivity index is 3.42. The van der Waals surface area contributed by atoms with Crippen molar-refractivity contribution < 1.29 is 9.18 Å². The van der Waals surface area contributed by atoms with Crippen LogP contribution >= 0.6 is 0 Å². The molecule has 0 aromatic carbocycles. The van der Waals surface area contributed by atoms with Crippen molar-refractivity contribution in [2.45, 2.75) is 19.5 Å². The van der Waals surface area contributed by atoms with Crippen LogP contribution in [0.4, 0.5) is 4.39 Å². The van der Waals surface area contributed by atoms with Gasteiger partial charge in [-0.3, -0.25) is 4.79 Å². The number of amides is 1. The molecule has 0 rings (SSSR count). The Kier molecular flexibility index (Phi) is 4.84. The molecule has 0 fully saturated rings. The van der Waals surface area contributed by atoms with E-state index in [1.54, 1.807) is 0 Å². The summed E-state index contributed by atoms with van der Waals surface area (Å²) in [5.74, 6) is -0.607. The summed E-state index contributed by atoms with van der Waals surface area (Å²) >= 11 is 0. The van der Waals surface area contributed by atoms with Gasteiger partial charge in [-0.05, 0) is 6.42 Å². The maximum atomic E-state index is 12.3. The van der Waals surface area contributed by atoms with Crippen LogP contribution in [0.2, 0.25) is 0 Å². The lowest BCUT2D eigenvalue weighted by Gasteiger charge is -2.04. The van der Waals surface area contributed by atoms with Crippen molar-refractivity contribution in [3.63, 3.8) is 0 Å². The lowest BCUT2D eigenvalue weighted by Crippen LogP contribution is -2.36. The zero-order valence-electron chi connectivity index (χ0n) is 6.06. The van der Waals surface area contributed by atoms with Gasteiger partial charge in [0.05, 0.1) is 0 Å². The number of hydrogen-bond acceptors (Lipinski definition) is 2. The molecule has 0 aliphatic carbocycles. The van der Waals surface area contributed by atoms with Crippen molar-refractivity contribution in [3.05, 3.63) is 0 Å². The maximum absolute atomic E-state index is 12.3. The third kappa shape index (κ3) is 3.40. The van der Waals surface area contributed by atoms with E-state index in [9.17, 15) is 9.18 Å². The summed E-state index contributed by atoms with van der Waals surface area (Å²) in [5, 5.41) is 2.39. The summed E-state index contributed by atoms with van der Waals surface area (Å²) in [4.78, 5) is 10.6. The minimum absolute atomic E-state index is 0.241. The van der Waals surface area contributed by atoms with Crippen molar-refractivity contribution in [1.82, 2.24) is 5.32 Å². The second-order valence-corrected chi connectivity index (χ2v) is 1.99. The van der Waals surface area contributed by atoms with Crippen molar-refractivity contribution in [2.24, 2.45) is 5.73 Å². The van der Waals surface area contributed by atoms with E-state index in [1.807, 2.05) is 6.92 Å². The Bertz CT molecular complexity index is 108. The topological polar surface area (TPSA) is 55.1 Å². The smallest absolute Gasteiger partial charge is 0.255 e. The third-order valence-corrected chi connectivity index (χ3v) is 1.04. The van der Waals surface area contributed by atoms with Crippen LogP contribution in [-0.2, 0) is 4.79 Å². The maximum Gasteiger partial charge on any atom is 0.255 e. The van der Waals surface area contributed by atoms with Crippen molar-refractivity contribution >= 4 is 5.91 Å². The van der Waals surface area contributed by atoms with Crippen LogP contribution in [0.1, 0.15) is 13.3 Å². The highest BCUT2D eigenvalue weighted by molar-refractivity contribution is 5.80. The first-order valence-electron chi connectivity index (χ1n) is 3.34. The molecule has 10 heavy (non-hydrogen) atoms. The highest BCUT2D eigenvalue weighted by Crippen LogP contribution is 1.86. The van der Waals surface area contributed by atoms with Crippen molar-refractivity contribution in [2.75, 3.05) is 13.1 Å². The summed E-state index contributed by atoms with van der Waals surface area (Å²) in [6.07, 6.45) is -0.741. The first kappa shape index (κ1) is 9.36. The monoisotopic (exact) mass is 148 g/mol. The molecule has 0 saturated carbocycles. The Morgan fingerprint density at radius 1 is 1.80 bits per heavy atom. The van der Waals surface area contributed by atoms with Gasteiger partial charge < -0.3 is 11.1 Å². The quantitative estimate of drug-likeness (QED) is 0.580. The predicted molar refractivity (Wildman–Crippen MR) is 37.3 cm³/mol. The van der Waals surface area contributed by atoms with Gasteiger partial charge >= 0.3 is 0 Å². The largest absolute Gasteiger partial charge is 0.354 e. The number of halogens is 1. The van der Waals surface area contributed by atoms with Gasteiger partial charge in [-0.2, -0.15) is 0 Å². The average molecular weight is 148 g/mol. The van der Waals surface area contributed by atoms with E-state index in [4.69, 9.17) is 5.73 Å². The first-order valence-corrected chi connectivity index (χ1v) is 3.34. The Morgan fingerprint density at radius 3 is 2.80 bits per heavy atom. The molecule has 0 bridgehead atoms. The molecule has 1 atom stereocenters. The molecule has 0 aromatic heterocycles. The fraction of sp³-hybridized carbons (Fsp3) is 0.833. The number of hydrogen-bond donors (Lipinski definition) is 2. The van der Waals surface area contributed by atoms with Gasteiger partial charge in [0.25, 0.3) is 5.91 Å². The molecule has 60 valence electrons. The van der Waals surface area contributed by atoms with E-state index in [0.717, 1.165) is 6.42 Å². The number of carbonyl (C=O) groups is 1. The van der Waals surface area contributed by atoms with Gasteiger partial charge in [-0.15, -0.1) is 0 Å². The van der Waals surface area contributed by atoms with Crippen molar-refractivity contribution in [3.8, 4) is 0 Å². The van der Waals surface area contributed by atoms with Gasteiger partial charge in [0.15, 0.2) is 6.17 Å². The summed E-state index contributed by atoms with van der Waals surface area (Å²) in [5.41, 5.74) is 4.91. The van der Waals surface area contributed by atoms with Crippen LogP contribution in [0.5, 0.6) is 0 Å². The van der Waals surface area contributed by atoms with Crippen LogP contribution in [0, 0.1) is 0 Å². The Hall–Kier alpha value is -0.640. The molecule has 3 nitrogen and oxygen atoms in total. The van der Waals surface area contributed by atoms with E-state index in [0.29, 0.717) is 6.54 Å². The number of rotatable bonds is 4. The molecule has 1 amide bonds. The highest BCUT2D eigenvalue weighted by atomic mass is 19.1. The normalized spacial score (nSPS) is 12.7. The van der Waals surface area contributed by atoms with Gasteiger partial charge in [0.2, 0.25) is 0 Å². The van der Waals surface area contributed by atoms with E-state index in [-0.39, 0.29) is 6.54 Å². The molecule has 0 aliphatic rings. The fourth-order valence-corrected chi connectivity index (χ4v) is 0.466. The summed E-state index contributed by atoms with van der Waals surface area (Å²) in [6.45, 7) is 2.17. The van der Waals surface area contributed by atoms with E-state index < -0.39 is 12.1 Å². The molecule has 1 unspecified atom stereocenters. The van der Waals surface area contributed by atoms with Gasteiger partial charge in [-0.25, -0.2) is 4.39 Å². The van der Waals surface area contributed by atoms with E-state index >= 15 is 0 Å². The minimum Gasteiger partial charge on any atom is -0.354 e. The highest BCUT2D eigenvalue weighted by Gasteiger charge is 2.12. The molecule has 0 aromatic rings. The zero-order valence-corrected chi connectivity index (χ0v) is 6.06. The van der Waals surface area contributed by atoms with Crippen LogP contribution in [-0.4, -0.2) is 25.2 Å². The Labute approximate surface area is 59.8 Å². The molecule has 0 aliphatic heterocycles. The molecule has 3 N–H and O–H groups in total. The summed E-state index contributed by atoms with van der Waals surface area (Å²) in [7, 11) is 0. The van der Waals surface area contributed by atoms with Gasteiger partial charge in [-0.1, -0.05) is 6.92 Å². The molecule has 0 heterocycles. The minimum atomic E-state index is -1.55. The predicted octanol–water partition coefficient (Wildman–Crippen LogP) is -0.191. The van der Waals surface area contributed by atoms with Crippen LogP contribution < -0.4 is 11.1 Å². The number of alkyl halides is 1. The zero-order chi connectivity index (χ0) is 7.98. The standard InChI is InChI=1S/C6H13FN2O/c1-2-3-9-6(10)5(7)4-8/h5H,2-4,8H2,1H3,(H,9,10). The number of nitrogens with two attached hydrogens (primary N) is 1. The van der Waals surface area contributed by atoms with Crippen LogP contribution in [0.15, 0.2) is 0 Å². The molecular formula is C6H13FN2O. The second-order valence-electron chi connectivity index (χ2n) is 1.99. The van der Waals surface area contributed by atoms with Gasteiger partial charge in [0.1, 0.15) is 0 Å². The fourth-order valence-electron chi connectivity index (χ4n) is 0.466. The van der Waals surface area contributed by atoms with E-state index in [1.165, 1.54) is 0 Å². The molecular weight excluding hydrogens is 135 g/mol. The molecule has 0 radical (unpaired) electrons. The molecule has 0 saturated heterocycles. The van der Waals surface area contributed by atoms with Crippen LogP contribution in [0.3, 0.4) is 0 Å². The third-order valence-electron chi connectivity index (χ3n) is 1.04. The van der Waals surface area contributed by atoms with E-state index in [2.05, 4.69) is 5.32 Å². The second kappa shape index (κ2) is 5.17. The summed E-state index contributed by atoms with van der Waals surface area (Å²) < 4.78 is 12.3. The van der Waals surface area contributed by atoms with Gasteiger partial charge in [0, 0.05) is 13.1 Å². The Morgan fingerprint density at radius 2 is 2.40 bits per heavy atom.